The molecule has 1 aromatic heterocycles. The highest BCUT2D eigenvalue weighted by Crippen LogP contribution is 2.34. The largest absolute Gasteiger partial charge is 0.493 e. The smallest absolute Gasteiger partial charge is 0.419 e. The SMILES string of the molecule is COc1ccc(OCc2nnc(NC(=O)Nc3cccc(C(F)(F)F)c3F)s2)cc1OC. The maximum absolute atomic E-state index is 14.0. The number of urea groups is 1. The summed E-state index contributed by atoms with van der Waals surface area (Å²) in [5.41, 5.74) is -2.11. The molecule has 0 spiro atoms. The predicted molar refractivity (Wildman–Crippen MR) is 108 cm³/mol. The third-order valence-corrected chi connectivity index (χ3v) is 4.77. The number of nitrogens with zero attached hydrogens (tertiary/aromatic N) is 2. The molecule has 0 saturated carbocycles. The summed E-state index contributed by atoms with van der Waals surface area (Å²) in [5, 5.41) is 12.3. The van der Waals surface area contributed by atoms with Crippen LogP contribution in [0.15, 0.2) is 36.4 Å². The Bertz CT molecular complexity index is 1110. The molecule has 0 bridgehead atoms. The van der Waals surface area contributed by atoms with Crippen LogP contribution in [0.5, 0.6) is 17.2 Å². The molecule has 0 unspecified atom stereocenters. The number of benzene rings is 2. The standard InChI is InChI=1S/C19H16F4N4O4S/c1-29-13-7-6-10(8-14(13)30-2)31-9-15-26-27-18(32-15)25-17(28)24-12-5-3-4-11(16(12)20)19(21,22)23/h3-8H,9H2,1-2H3,(H2,24,25,27,28). The van der Waals surface area contributed by atoms with Gasteiger partial charge in [0.25, 0.3) is 0 Å². The van der Waals surface area contributed by atoms with Crippen LogP contribution in [0.25, 0.3) is 0 Å². The lowest BCUT2D eigenvalue weighted by atomic mass is 10.2. The van der Waals surface area contributed by atoms with Crippen molar-refractivity contribution < 1.29 is 36.6 Å². The van der Waals surface area contributed by atoms with Crippen LogP contribution in [0.1, 0.15) is 10.6 Å². The third kappa shape index (κ3) is 5.55. The highest BCUT2D eigenvalue weighted by molar-refractivity contribution is 7.15. The second-order valence-electron chi connectivity index (χ2n) is 6.05. The molecule has 1 heterocycles. The Morgan fingerprint density at radius 1 is 1.06 bits per heavy atom. The number of hydrogen-bond donors (Lipinski definition) is 2. The van der Waals surface area contributed by atoms with Crippen LogP contribution in [0.3, 0.4) is 0 Å². The summed E-state index contributed by atoms with van der Waals surface area (Å²) in [7, 11) is 2.99. The van der Waals surface area contributed by atoms with Gasteiger partial charge < -0.3 is 19.5 Å². The van der Waals surface area contributed by atoms with Crippen molar-refractivity contribution in [1.82, 2.24) is 10.2 Å². The van der Waals surface area contributed by atoms with E-state index in [0.29, 0.717) is 28.3 Å². The predicted octanol–water partition coefficient (Wildman–Crippen LogP) is 4.94. The first-order valence-corrected chi connectivity index (χ1v) is 9.64. The zero-order valence-electron chi connectivity index (χ0n) is 16.6. The summed E-state index contributed by atoms with van der Waals surface area (Å²) in [6.07, 6.45) is -4.89. The van der Waals surface area contributed by atoms with Gasteiger partial charge >= 0.3 is 12.2 Å². The molecule has 13 heteroatoms. The van der Waals surface area contributed by atoms with E-state index in [4.69, 9.17) is 14.2 Å². The molecule has 2 amide bonds. The van der Waals surface area contributed by atoms with Crippen molar-refractivity contribution in [2.75, 3.05) is 24.9 Å². The lowest BCUT2D eigenvalue weighted by Crippen LogP contribution is -2.21. The lowest BCUT2D eigenvalue weighted by Gasteiger charge is -2.11. The van der Waals surface area contributed by atoms with Gasteiger partial charge in [0.05, 0.1) is 25.5 Å². The Kier molecular flexibility index (Phi) is 6.98. The maximum atomic E-state index is 14.0. The summed E-state index contributed by atoms with van der Waals surface area (Å²) in [6.45, 7) is 0.0265. The van der Waals surface area contributed by atoms with E-state index in [-0.39, 0.29) is 11.7 Å². The Balaban J connectivity index is 1.59. The minimum Gasteiger partial charge on any atom is -0.493 e. The molecule has 3 rings (SSSR count). The summed E-state index contributed by atoms with van der Waals surface area (Å²) in [4.78, 5) is 12.0. The number of halogens is 4. The normalized spacial score (nSPS) is 11.1. The first-order valence-electron chi connectivity index (χ1n) is 8.82. The van der Waals surface area contributed by atoms with Crippen LogP contribution in [0, 0.1) is 5.82 Å². The molecule has 0 saturated heterocycles. The van der Waals surface area contributed by atoms with Crippen molar-refractivity contribution in [3.05, 3.63) is 52.8 Å². The Morgan fingerprint density at radius 2 is 1.81 bits per heavy atom. The van der Waals surface area contributed by atoms with E-state index in [9.17, 15) is 22.4 Å². The zero-order chi connectivity index (χ0) is 23.3. The van der Waals surface area contributed by atoms with Crippen molar-refractivity contribution in [3.8, 4) is 17.2 Å². The number of anilines is 2. The molecule has 32 heavy (non-hydrogen) atoms. The fourth-order valence-corrected chi connectivity index (χ4v) is 3.16. The molecule has 3 aromatic rings. The average Bonchev–Trinajstić information content (AvgIpc) is 3.19. The van der Waals surface area contributed by atoms with Crippen molar-refractivity contribution in [1.29, 1.82) is 0 Å². The molecule has 8 nitrogen and oxygen atoms in total. The van der Waals surface area contributed by atoms with Gasteiger partial charge in [0.1, 0.15) is 12.4 Å². The van der Waals surface area contributed by atoms with Crippen molar-refractivity contribution in [2.45, 2.75) is 12.8 Å². The van der Waals surface area contributed by atoms with Gasteiger partial charge in [0.15, 0.2) is 22.3 Å². The minimum absolute atomic E-state index is 0.0265. The number of alkyl halides is 3. The topological polar surface area (TPSA) is 94.6 Å². The van der Waals surface area contributed by atoms with Crippen molar-refractivity contribution in [2.24, 2.45) is 0 Å². The second kappa shape index (κ2) is 9.68. The number of rotatable bonds is 7. The van der Waals surface area contributed by atoms with E-state index in [1.807, 2.05) is 5.32 Å². The fourth-order valence-electron chi connectivity index (χ4n) is 2.51. The number of carbonyl (C=O) groups is 1. The van der Waals surface area contributed by atoms with E-state index >= 15 is 0 Å². The van der Waals surface area contributed by atoms with Gasteiger partial charge in [-0.15, -0.1) is 10.2 Å². The third-order valence-electron chi connectivity index (χ3n) is 3.96. The molecule has 2 N–H and O–H groups in total. The van der Waals surface area contributed by atoms with E-state index < -0.39 is 29.3 Å². The van der Waals surface area contributed by atoms with Gasteiger partial charge in [-0.2, -0.15) is 13.2 Å². The molecule has 0 radical (unpaired) electrons. The van der Waals surface area contributed by atoms with Crippen LogP contribution in [0.2, 0.25) is 0 Å². The van der Waals surface area contributed by atoms with Gasteiger partial charge in [-0.3, -0.25) is 5.32 Å². The summed E-state index contributed by atoms with van der Waals surface area (Å²) in [6, 6.07) is 6.54. The first kappa shape index (κ1) is 23.1. The molecule has 170 valence electrons. The zero-order valence-corrected chi connectivity index (χ0v) is 17.4. The van der Waals surface area contributed by atoms with Crippen LogP contribution in [0.4, 0.5) is 33.2 Å². The fraction of sp³-hybridized carbons (Fsp3) is 0.211. The van der Waals surface area contributed by atoms with Crippen molar-refractivity contribution >= 4 is 28.2 Å². The molecular weight excluding hydrogens is 456 g/mol. The van der Waals surface area contributed by atoms with Crippen LogP contribution >= 0.6 is 11.3 Å². The Hall–Kier alpha value is -3.61. The maximum Gasteiger partial charge on any atom is 0.419 e. The van der Waals surface area contributed by atoms with Gasteiger partial charge in [-0.1, -0.05) is 17.4 Å². The number of methoxy groups -OCH3 is 2. The number of aromatic nitrogens is 2. The molecule has 0 fully saturated rings. The van der Waals surface area contributed by atoms with Crippen LogP contribution < -0.4 is 24.8 Å². The number of amides is 2. The summed E-state index contributed by atoms with van der Waals surface area (Å²) < 4.78 is 68.3. The highest BCUT2D eigenvalue weighted by Gasteiger charge is 2.35. The van der Waals surface area contributed by atoms with Gasteiger partial charge in [-0.05, 0) is 24.3 Å². The quantitative estimate of drug-likeness (QED) is 0.474. The summed E-state index contributed by atoms with van der Waals surface area (Å²) in [5.74, 6) is -0.102. The molecular formula is C19H16F4N4O4S. The Labute approximate surface area is 183 Å². The minimum atomic E-state index is -4.89. The van der Waals surface area contributed by atoms with E-state index in [2.05, 4.69) is 15.5 Å². The number of ether oxygens (including phenoxy) is 3. The number of hydrogen-bond acceptors (Lipinski definition) is 7. The molecule has 0 aliphatic rings. The Morgan fingerprint density at radius 3 is 2.50 bits per heavy atom. The van der Waals surface area contributed by atoms with Gasteiger partial charge in [-0.25, -0.2) is 9.18 Å². The first-order chi connectivity index (χ1) is 15.2. The summed E-state index contributed by atoms with van der Waals surface area (Å²) >= 11 is 0.971. The number of nitrogens with one attached hydrogen (secondary N) is 2. The molecule has 0 aliphatic heterocycles. The molecule has 0 atom stereocenters. The average molecular weight is 472 g/mol. The van der Waals surface area contributed by atoms with Gasteiger partial charge in [0, 0.05) is 6.07 Å². The number of carbonyl (C=O) groups excluding carboxylic acids is 1. The second-order valence-corrected chi connectivity index (χ2v) is 7.11. The van der Waals surface area contributed by atoms with Gasteiger partial charge in [0.2, 0.25) is 5.13 Å². The highest BCUT2D eigenvalue weighted by atomic mass is 32.1. The van der Waals surface area contributed by atoms with Crippen LogP contribution in [-0.2, 0) is 12.8 Å². The van der Waals surface area contributed by atoms with E-state index in [0.717, 1.165) is 23.5 Å². The van der Waals surface area contributed by atoms with E-state index in [1.165, 1.54) is 14.2 Å². The van der Waals surface area contributed by atoms with E-state index in [1.54, 1.807) is 18.2 Å². The van der Waals surface area contributed by atoms with Crippen molar-refractivity contribution in [3.63, 3.8) is 0 Å². The molecule has 2 aromatic carbocycles. The lowest BCUT2D eigenvalue weighted by molar-refractivity contribution is -0.139. The molecule has 0 aliphatic carbocycles. The monoisotopic (exact) mass is 472 g/mol. The van der Waals surface area contributed by atoms with Crippen LogP contribution in [-0.4, -0.2) is 30.4 Å².